The molecule has 2 aromatic carbocycles. The second kappa shape index (κ2) is 8.22. The minimum absolute atomic E-state index is 0.00179. The van der Waals surface area contributed by atoms with Crippen LogP contribution in [-0.4, -0.2) is 10.1 Å². The summed E-state index contributed by atoms with van der Waals surface area (Å²) in [6.45, 7) is 0. The van der Waals surface area contributed by atoms with Gasteiger partial charge < -0.3 is 5.11 Å². The van der Waals surface area contributed by atoms with Crippen molar-refractivity contribution in [2.75, 3.05) is 0 Å². The molecule has 0 unspecified atom stereocenters. The zero-order chi connectivity index (χ0) is 21.7. The molecule has 0 spiro atoms. The van der Waals surface area contributed by atoms with E-state index in [9.17, 15) is 18.3 Å². The summed E-state index contributed by atoms with van der Waals surface area (Å²) in [6, 6.07) is 5.70. The molecule has 3 rings (SSSR count). The van der Waals surface area contributed by atoms with E-state index in [2.05, 4.69) is 4.98 Å². The summed E-state index contributed by atoms with van der Waals surface area (Å²) in [5.41, 5.74) is -1.75. The molecule has 2 nitrogen and oxygen atoms in total. The predicted octanol–water partition coefficient (Wildman–Crippen LogP) is 9.06. The number of halogens is 9. The van der Waals surface area contributed by atoms with Gasteiger partial charge in [-0.1, -0.05) is 69.6 Å². The Morgan fingerprint density at radius 1 is 0.690 bits per heavy atom. The van der Waals surface area contributed by atoms with Crippen LogP contribution in [0.2, 0.25) is 30.1 Å². The fourth-order valence-corrected chi connectivity index (χ4v) is 3.70. The van der Waals surface area contributed by atoms with Gasteiger partial charge in [-0.05, 0) is 35.9 Å². The molecule has 0 bridgehead atoms. The minimum atomic E-state index is -4.81. The van der Waals surface area contributed by atoms with Gasteiger partial charge in [0.1, 0.15) is 17.1 Å². The normalized spacial score (nSPS) is 11.8. The molecule has 1 N–H and O–H groups in total. The number of nitrogens with zero attached hydrogens (tertiary/aromatic N) is 1. The molecule has 0 saturated carbocycles. The van der Waals surface area contributed by atoms with Crippen LogP contribution in [0, 0.1) is 0 Å². The lowest BCUT2D eigenvalue weighted by molar-refractivity contribution is -0.141. The van der Waals surface area contributed by atoms with Crippen molar-refractivity contribution in [3.8, 4) is 28.1 Å². The van der Waals surface area contributed by atoms with E-state index in [1.165, 1.54) is 24.3 Å². The van der Waals surface area contributed by atoms with Crippen LogP contribution in [0.25, 0.3) is 22.4 Å². The van der Waals surface area contributed by atoms with Gasteiger partial charge >= 0.3 is 6.18 Å². The topological polar surface area (TPSA) is 33.1 Å². The molecular formula is C18H6Cl6F3NO. The number of pyridine rings is 1. The first-order valence-electron chi connectivity index (χ1n) is 7.51. The van der Waals surface area contributed by atoms with Gasteiger partial charge in [-0.3, -0.25) is 0 Å². The molecule has 0 radical (unpaired) electrons. The van der Waals surface area contributed by atoms with Crippen molar-refractivity contribution in [1.29, 1.82) is 0 Å². The van der Waals surface area contributed by atoms with Gasteiger partial charge in [0.05, 0.1) is 30.1 Å². The zero-order valence-corrected chi connectivity index (χ0v) is 18.2. The molecule has 0 aliphatic heterocycles. The molecule has 152 valence electrons. The van der Waals surface area contributed by atoms with Crippen LogP contribution in [0.4, 0.5) is 13.2 Å². The second-order valence-electron chi connectivity index (χ2n) is 5.76. The molecule has 1 heterocycles. The van der Waals surface area contributed by atoms with Gasteiger partial charge in [-0.2, -0.15) is 13.2 Å². The number of hydrogen-bond donors (Lipinski definition) is 1. The molecule has 29 heavy (non-hydrogen) atoms. The number of benzene rings is 2. The van der Waals surface area contributed by atoms with E-state index in [0.29, 0.717) is 6.07 Å². The Kier molecular flexibility index (Phi) is 6.40. The van der Waals surface area contributed by atoms with Crippen molar-refractivity contribution in [2.45, 2.75) is 6.18 Å². The molecule has 0 saturated heterocycles. The molecule has 3 aromatic rings. The second-order valence-corrected chi connectivity index (χ2v) is 8.14. The third kappa shape index (κ3) is 4.50. The third-order valence-electron chi connectivity index (χ3n) is 3.84. The van der Waals surface area contributed by atoms with Crippen molar-refractivity contribution in [2.24, 2.45) is 0 Å². The molecular weight excluding hydrogens is 516 g/mol. The quantitative estimate of drug-likeness (QED) is 0.341. The summed E-state index contributed by atoms with van der Waals surface area (Å²) >= 11 is 35.7. The van der Waals surface area contributed by atoms with Crippen LogP contribution >= 0.6 is 69.6 Å². The summed E-state index contributed by atoms with van der Waals surface area (Å²) in [6.07, 6.45) is -4.81. The van der Waals surface area contributed by atoms with E-state index < -0.39 is 23.3 Å². The Labute approximate surface area is 192 Å². The van der Waals surface area contributed by atoms with Gasteiger partial charge in [0.25, 0.3) is 0 Å². The van der Waals surface area contributed by atoms with E-state index in [1.807, 2.05) is 0 Å². The number of hydrogen-bond acceptors (Lipinski definition) is 2. The maximum absolute atomic E-state index is 13.5. The Hall–Kier alpha value is -1.08. The highest BCUT2D eigenvalue weighted by atomic mass is 35.5. The minimum Gasteiger partial charge on any atom is -0.505 e. The first-order valence-corrected chi connectivity index (χ1v) is 9.78. The molecule has 0 amide bonds. The average Bonchev–Trinajstić information content (AvgIpc) is 2.62. The fourth-order valence-electron chi connectivity index (χ4n) is 2.51. The number of aromatic nitrogens is 1. The zero-order valence-electron chi connectivity index (χ0n) is 13.7. The van der Waals surface area contributed by atoms with Gasteiger partial charge in [0, 0.05) is 11.1 Å². The largest absolute Gasteiger partial charge is 0.505 e. The standard InChI is InChI=1S/C18H6Cl6F3NO/c19-9-1-6(2-10(20)14(9)23)8-5-13(18(25,26)27)28-16(17(8)29)7-3-11(21)15(24)12(22)4-7/h1-5,29H. The highest BCUT2D eigenvalue weighted by Gasteiger charge is 2.35. The van der Waals surface area contributed by atoms with Gasteiger partial charge in [0.2, 0.25) is 0 Å². The summed E-state index contributed by atoms with van der Waals surface area (Å²) in [5.74, 6) is -0.568. The number of alkyl halides is 3. The van der Waals surface area contributed by atoms with E-state index in [1.54, 1.807) is 0 Å². The van der Waals surface area contributed by atoms with Crippen molar-refractivity contribution in [3.05, 3.63) is 66.2 Å². The van der Waals surface area contributed by atoms with Gasteiger partial charge in [-0.25, -0.2) is 4.98 Å². The van der Waals surface area contributed by atoms with E-state index in [0.717, 1.165) is 0 Å². The van der Waals surface area contributed by atoms with Crippen molar-refractivity contribution < 1.29 is 18.3 Å². The lowest BCUT2D eigenvalue weighted by Gasteiger charge is -2.16. The SMILES string of the molecule is Oc1c(-c2cc(Cl)c(Cl)c(Cl)c2)cc(C(F)(F)F)nc1-c1cc(Cl)c(Cl)c(Cl)c1. The number of aromatic hydroxyl groups is 1. The lowest BCUT2D eigenvalue weighted by atomic mass is 10.00. The van der Waals surface area contributed by atoms with E-state index >= 15 is 0 Å². The van der Waals surface area contributed by atoms with Crippen LogP contribution in [0.15, 0.2) is 30.3 Å². The summed E-state index contributed by atoms with van der Waals surface area (Å²) in [5, 5.41) is 10.7. The molecule has 0 atom stereocenters. The Balaban J connectivity index is 2.36. The van der Waals surface area contributed by atoms with Crippen molar-refractivity contribution in [1.82, 2.24) is 4.98 Å². The first-order chi connectivity index (χ1) is 13.4. The molecule has 0 aliphatic carbocycles. The Morgan fingerprint density at radius 3 is 1.52 bits per heavy atom. The van der Waals surface area contributed by atoms with Crippen molar-refractivity contribution >= 4 is 69.6 Å². The van der Waals surface area contributed by atoms with E-state index in [-0.39, 0.29) is 46.8 Å². The van der Waals surface area contributed by atoms with Crippen molar-refractivity contribution in [3.63, 3.8) is 0 Å². The van der Waals surface area contributed by atoms with Crippen LogP contribution in [-0.2, 0) is 6.18 Å². The Bertz CT molecular complexity index is 1010. The lowest BCUT2D eigenvalue weighted by Crippen LogP contribution is -2.09. The van der Waals surface area contributed by atoms with E-state index in [4.69, 9.17) is 69.6 Å². The summed E-state index contributed by atoms with van der Waals surface area (Å²) < 4.78 is 40.4. The predicted molar refractivity (Wildman–Crippen MR) is 112 cm³/mol. The molecule has 0 aliphatic rings. The average molecular weight is 522 g/mol. The maximum atomic E-state index is 13.5. The first kappa shape index (κ1) is 22.6. The smallest absolute Gasteiger partial charge is 0.433 e. The highest BCUT2D eigenvalue weighted by molar-refractivity contribution is 6.49. The fraction of sp³-hybridized carbons (Fsp3) is 0.0556. The van der Waals surface area contributed by atoms with Gasteiger partial charge in [-0.15, -0.1) is 0 Å². The van der Waals surface area contributed by atoms with Crippen LogP contribution in [0.5, 0.6) is 5.75 Å². The molecule has 0 fully saturated rings. The molecule has 1 aromatic heterocycles. The molecule has 11 heteroatoms. The summed E-state index contributed by atoms with van der Waals surface area (Å²) in [7, 11) is 0. The van der Waals surface area contributed by atoms with Gasteiger partial charge in [0.15, 0.2) is 0 Å². The highest BCUT2D eigenvalue weighted by Crippen LogP contribution is 2.45. The van der Waals surface area contributed by atoms with Crippen LogP contribution in [0.1, 0.15) is 5.69 Å². The third-order valence-corrected chi connectivity index (χ3v) is 6.23. The van der Waals surface area contributed by atoms with Crippen LogP contribution < -0.4 is 0 Å². The van der Waals surface area contributed by atoms with Crippen LogP contribution in [0.3, 0.4) is 0 Å². The summed E-state index contributed by atoms with van der Waals surface area (Å²) in [4.78, 5) is 3.55. The Morgan fingerprint density at radius 2 is 1.10 bits per heavy atom. The maximum Gasteiger partial charge on any atom is 0.433 e. The monoisotopic (exact) mass is 519 g/mol. The number of rotatable bonds is 2.